The Morgan fingerprint density at radius 2 is 1.78 bits per heavy atom. The number of methoxy groups -OCH3 is 1. The molecule has 14 heteroatoms. The second-order valence-corrected chi connectivity index (χ2v) is 11.5. The van der Waals surface area contributed by atoms with Crippen molar-refractivity contribution in [2.45, 2.75) is 24.7 Å². The van der Waals surface area contributed by atoms with Crippen molar-refractivity contribution in [3.63, 3.8) is 0 Å². The zero-order chi connectivity index (χ0) is 35.0. The molecular weight excluding hydrogens is 651 g/mol. The Balaban J connectivity index is 1.32. The fourth-order valence-electron chi connectivity index (χ4n) is 6.15. The summed E-state index contributed by atoms with van der Waals surface area (Å²) in [6.45, 7) is -1.10. The van der Waals surface area contributed by atoms with Crippen molar-refractivity contribution < 1.29 is 41.0 Å². The Morgan fingerprint density at radius 1 is 1.04 bits per heavy atom. The molecule has 3 heterocycles. The van der Waals surface area contributed by atoms with Gasteiger partial charge in [-0.1, -0.05) is 36.4 Å². The monoisotopic (exact) mass is 680 g/mol. The van der Waals surface area contributed by atoms with Crippen LogP contribution < -0.4 is 15.8 Å². The smallest absolute Gasteiger partial charge is 0.411 e. The van der Waals surface area contributed by atoms with Crippen LogP contribution in [0.3, 0.4) is 0 Å². The van der Waals surface area contributed by atoms with Gasteiger partial charge in [-0.3, -0.25) is 14.6 Å². The van der Waals surface area contributed by atoms with Crippen LogP contribution in [0.2, 0.25) is 0 Å². The van der Waals surface area contributed by atoms with Crippen molar-refractivity contribution in [3.05, 3.63) is 106 Å². The maximum absolute atomic E-state index is 15.3. The molecule has 1 amide bonds. The maximum Gasteiger partial charge on any atom is 0.411 e. The van der Waals surface area contributed by atoms with Crippen LogP contribution in [0.1, 0.15) is 15.9 Å². The molecule has 2 aromatic heterocycles. The zero-order valence-corrected chi connectivity index (χ0v) is 26.2. The van der Waals surface area contributed by atoms with Gasteiger partial charge in [0.2, 0.25) is 0 Å². The van der Waals surface area contributed by atoms with Gasteiger partial charge < -0.3 is 24.3 Å². The largest absolute Gasteiger partial charge is 0.467 e. The van der Waals surface area contributed by atoms with Gasteiger partial charge in [-0.2, -0.15) is 13.2 Å². The number of halogens is 5. The van der Waals surface area contributed by atoms with Crippen molar-refractivity contribution in [1.29, 1.82) is 0 Å². The minimum Gasteiger partial charge on any atom is -0.467 e. The highest BCUT2D eigenvalue weighted by Gasteiger charge is 2.46. The van der Waals surface area contributed by atoms with E-state index in [4.69, 9.17) is 9.47 Å². The van der Waals surface area contributed by atoms with Crippen LogP contribution in [0.5, 0.6) is 0 Å². The van der Waals surface area contributed by atoms with Crippen LogP contribution >= 0.6 is 0 Å². The molecule has 9 nitrogen and oxygen atoms in total. The molecule has 49 heavy (non-hydrogen) atoms. The Labute approximate surface area is 275 Å². The second kappa shape index (κ2) is 13.3. The van der Waals surface area contributed by atoms with Gasteiger partial charge in [0.15, 0.2) is 0 Å². The number of nitrogens with one attached hydrogen (secondary N) is 1. The number of carbonyl (C=O) groups excluding carboxylic acids is 2. The number of benzene rings is 3. The van der Waals surface area contributed by atoms with E-state index in [1.807, 2.05) is 24.3 Å². The summed E-state index contributed by atoms with van der Waals surface area (Å²) in [6, 6.07) is 13.6. The molecule has 5 aromatic rings. The molecule has 3 aromatic carbocycles. The predicted octanol–water partition coefficient (Wildman–Crippen LogP) is 5.31. The van der Waals surface area contributed by atoms with E-state index in [-0.39, 0.29) is 25.1 Å². The maximum atomic E-state index is 15.3. The summed E-state index contributed by atoms with van der Waals surface area (Å²) in [4.78, 5) is 44.8. The quantitative estimate of drug-likeness (QED) is 0.184. The third-order valence-electron chi connectivity index (χ3n) is 8.59. The lowest BCUT2D eigenvalue weighted by atomic mass is 9.95. The van der Waals surface area contributed by atoms with E-state index in [1.165, 1.54) is 4.57 Å². The summed E-state index contributed by atoms with van der Waals surface area (Å²) in [5, 5.41) is 3.69. The van der Waals surface area contributed by atoms with Crippen LogP contribution in [0.15, 0.2) is 77.7 Å². The van der Waals surface area contributed by atoms with E-state index in [0.29, 0.717) is 39.7 Å². The molecule has 0 radical (unpaired) electrons. The van der Waals surface area contributed by atoms with Gasteiger partial charge in [-0.05, 0) is 41.3 Å². The zero-order valence-electron chi connectivity index (χ0n) is 26.2. The number of hydrogen-bond donors (Lipinski definition) is 1. The lowest BCUT2D eigenvalue weighted by molar-refractivity contribution is -0.167. The van der Waals surface area contributed by atoms with Crippen molar-refractivity contribution >= 4 is 39.4 Å². The molecule has 1 fully saturated rings. The van der Waals surface area contributed by atoms with Crippen LogP contribution in [0, 0.1) is 11.6 Å². The summed E-state index contributed by atoms with van der Waals surface area (Å²) in [5.74, 6) is -5.07. The number of aryl methyl sites for hydroxylation is 1. The molecule has 1 saturated heterocycles. The molecule has 6 rings (SSSR count). The summed E-state index contributed by atoms with van der Waals surface area (Å²) in [6.07, 6.45) is -3.39. The highest BCUT2D eigenvalue weighted by atomic mass is 19.4. The van der Waals surface area contributed by atoms with Gasteiger partial charge in [-0.25, -0.2) is 13.6 Å². The fraction of sp³-hybridized carbons (Fsp3) is 0.257. The molecule has 0 unspecified atom stereocenters. The molecule has 1 N–H and O–H groups in total. The van der Waals surface area contributed by atoms with Crippen LogP contribution in [-0.4, -0.2) is 66.6 Å². The number of carbonyl (C=O) groups is 2. The SMILES string of the molecule is COC(=O)[C@H](Cc1ccc(-c2cc3ccccc3n(C)c2=O)c2ncccc12)NC(=O)c1c(F)cc(N2CCOC[C@@H]2C(F)(F)F)cc1F. The fourth-order valence-corrected chi connectivity index (χ4v) is 6.15. The summed E-state index contributed by atoms with van der Waals surface area (Å²) in [7, 11) is 2.75. The molecule has 254 valence electrons. The molecule has 0 spiro atoms. The van der Waals surface area contributed by atoms with Crippen molar-refractivity contribution in [2.24, 2.45) is 7.05 Å². The van der Waals surface area contributed by atoms with Crippen molar-refractivity contribution in [3.8, 4) is 11.1 Å². The lowest BCUT2D eigenvalue weighted by Gasteiger charge is -2.38. The van der Waals surface area contributed by atoms with E-state index in [2.05, 4.69) is 10.3 Å². The molecule has 0 aliphatic carbocycles. The highest BCUT2D eigenvalue weighted by Crippen LogP contribution is 2.33. The first-order chi connectivity index (χ1) is 23.4. The average molecular weight is 681 g/mol. The summed E-state index contributed by atoms with van der Waals surface area (Å²) >= 11 is 0. The van der Waals surface area contributed by atoms with E-state index in [9.17, 15) is 27.6 Å². The number of pyridine rings is 2. The third-order valence-corrected chi connectivity index (χ3v) is 8.59. The van der Waals surface area contributed by atoms with Crippen LogP contribution in [-0.2, 0) is 27.7 Å². The number of rotatable bonds is 7. The number of morpholine rings is 1. The Kier molecular flexibility index (Phi) is 9.08. The number of fused-ring (bicyclic) bond motifs is 2. The first kappa shape index (κ1) is 33.5. The molecule has 2 atom stereocenters. The standard InChI is InChI=1S/C35H29F5N4O5/c1-43-28-8-4-3-6-20(28)14-24(33(43)46)23-10-9-19(22-7-5-11-41-31(22)23)15-27(34(47)48-2)42-32(45)30-25(36)16-21(17-26(30)37)44-12-13-49-18-29(44)35(38,39)40/h3-11,14,16-17,27,29H,12-13,15,18H2,1-2H3,(H,42,45)/t27-,29+/m0/s1. The lowest BCUT2D eigenvalue weighted by Crippen LogP contribution is -2.53. The predicted molar refractivity (Wildman–Crippen MR) is 171 cm³/mol. The number of alkyl halides is 3. The van der Waals surface area contributed by atoms with E-state index >= 15 is 8.78 Å². The first-order valence-electron chi connectivity index (χ1n) is 15.1. The Hall–Kier alpha value is -5.37. The van der Waals surface area contributed by atoms with E-state index < -0.39 is 59.6 Å². The normalized spacial score (nSPS) is 15.7. The van der Waals surface area contributed by atoms with E-state index in [1.54, 1.807) is 43.6 Å². The molecular formula is C35H29F5N4O5. The van der Waals surface area contributed by atoms with Crippen molar-refractivity contribution in [2.75, 3.05) is 31.8 Å². The van der Waals surface area contributed by atoms with Gasteiger partial charge >= 0.3 is 12.1 Å². The number of anilines is 1. The second-order valence-electron chi connectivity index (χ2n) is 11.5. The summed E-state index contributed by atoms with van der Waals surface area (Å²) < 4.78 is 82.6. The Bertz CT molecular complexity index is 2130. The average Bonchev–Trinajstić information content (AvgIpc) is 3.08. The van der Waals surface area contributed by atoms with Crippen LogP contribution in [0.25, 0.3) is 32.9 Å². The highest BCUT2D eigenvalue weighted by molar-refractivity contribution is 5.99. The Morgan fingerprint density at radius 3 is 2.49 bits per heavy atom. The van der Waals surface area contributed by atoms with Gasteiger partial charge in [0.25, 0.3) is 11.5 Å². The number of hydrogen-bond acceptors (Lipinski definition) is 7. The summed E-state index contributed by atoms with van der Waals surface area (Å²) in [5.41, 5.74) is 0.860. The molecule has 1 aliphatic rings. The third kappa shape index (κ3) is 6.43. The minimum atomic E-state index is -4.74. The van der Waals surface area contributed by atoms with Crippen LogP contribution in [0.4, 0.5) is 27.6 Å². The molecule has 0 saturated carbocycles. The first-order valence-corrected chi connectivity index (χ1v) is 15.1. The van der Waals surface area contributed by atoms with Gasteiger partial charge in [-0.15, -0.1) is 0 Å². The van der Waals surface area contributed by atoms with Gasteiger partial charge in [0, 0.05) is 48.4 Å². The molecule has 0 bridgehead atoms. The number of amides is 1. The van der Waals surface area contributed by atoms with Crippen molar-refractivity contribution in [1.82, 2.24) is 14.9 Å². The number of aromatic nitrogens is 2. The van der Waals surface area contributed by atoms with Gasteiger partial charge in [0.1, 0.15) is 29.3 Å². The number of esters is 1. The molecule has 1 aliphatic heterocycles. The topological polar surface area (TPSA) is 103 Å². The number of ether oxygens (including phenoxy) is 2. The van der Waals surface area contributed by atoms with E-state index in [0.717, 1.165) is 22.9 Å². The minimum absolute atomic E-state index is 0.0943. The number of nitrogens with zero attached hydrogens (tertiary/aromatic N) is 3. The van der Waals surface area contributed by atoms with Gasteiger partial charge in [0.05, 0.1) is 31.4 Å². The number of para-hydroxylation sites is 1.